The molecule has 1 amide bonds. The number of fused-ring (bicyclic) bond motifs is 3. The van der Waals surface area contributed by atoms with Crippen molar-refractivity contribution >= 4 is 29.2 Å². The number of rotatable bonds is 8. The molecule has 12 nitrogen and oxygen atoms in total. The lowest BCUT2D eigenvalue weighted by atomic mass is 9.74. The number of hydrogen-bond acceptors (Lipinski definition) is 11. The molecule has 2 bridgehead atoms. The van der Waals surface area contributed by atoms with Gasteiger partial charge in [0.15, 0.2) is 5.78 Å². The summed E-state index contributed by atoms with van der Waals surface area (Å²) in [5.41, 5.74) is 1.81. The number of allylic oxidation sites excluding steroid dienone is 6. The lowest BCUT2D eigenvalue weighted by Gasteiger charge is -2.42. The Hall–Kier alpha value is -3.29. The molecule has 1 aliphatic carbocycles. The predicted molar refractivity (Wildman–Crippen MR) is 261 cm³/mol. The van der Waals surface area contributed by atoms with Crippen LogP contribution in [0.5, 0.6) is 0 Å². The van der Waals surface area contributed by atoms with Crippen LogP contribution in [0.15, 0.2) is 47.6 Å². The number of hydrogen-bond donors (Lipinski definition) is 1. The first kappa shape index (κ1) is 56.3. The molecule has 0 spiro atoms. The average molecular weight is 938 g/mol. The maximum atomic E-state index is 14.5. The van der Waals surface area contributed by atoms with Gasteiger partial charge in [0.2, 0.25) is 5.79 Å². The van der Waals surface area contributed by atoms with E-state index in [1.54, 1.807) is 28.3 Å². The van der Waals surface area contributed by atoms with Crippen LogP contribution in [-0.4, -0.2) is 109 Å². The number of cyclic esters (lactones) is 1. The number of ether oxygens (including phenoxy) is 5. The minimum Gasteiger partial charge on any atom is -0.460 e. The molecule has 4 aliphatic rings. The van der Waals surface area contributed by atoms with E-state index in [9.17, 15) is 29.1 Å². The summed E-state index contributed by atoms with van der Waals surface area (Å²) < 4.78 is 30.3. The summed E-state index contributed by atoms with van der Waals surface area (Å²) in [5, 5.41) is 12.0. The summed E-state index contributed by atoms with van der Waals surface area (Å²) in [4.78, 5) is 72.7. The van der Waals surface area contributed by atoms with Gasteiger partial charge >= 0.3 is 5.97 Å². The first-order valence-corrected chi connectivity index (χ1v) is 25.6. The van der Waals surface area contributed by atoms with Gasteiger partial charge in [-0.25, -0.2) is 4.79 Å². The standard InChI is InChI=1S/C55H87NO11/c1-13-42-25-24-41(31-49(42)64-11)30-38(7)48-33-46(57)37(6)29-36(5)44(14-2)51(65-12)50(58)39(8)28-34(3)20-16-15-17-21-35(4)47(63-10)32-43-26-23-40(9)55(62,67-43)52(59)53(60)56-27-19-18-22-45(56)54(61)66-48/h15-17,20-21,29,34,37-45,47-49,51,62H,13-14,18-19,22-28,30-33H2,1-12H3/b17-15+,20-16+,35-21+,36-29+/t34-,37-,38-,39-,40-,41+,42-,43+,44-,45+,47+,48?,49-,51-,55-/m1/s1. The van der Waals surface area contributed by atoms with Crippen molar-refractivity contribution in [1.29, 1.82) is 0 Å². The number of Topliss-reactive ketones (excluding diaryl/α,β-unsaturated/α-hetero) is 3. The van der Waals surface area contributed by atoms with Gasteiger partial charge in [0.25, 0.3) is 11.7 Å². The third-order valence-corrected chi connectivity index (χ3v) is 15.8. The Kier molecular flexibility index (Phi) is 22.4. The van der Waals surface area contributed by atoms with Crippen LogP contribution < -0.4 is 0 Å². The van der Waals surface area contributed by atoms with Crippen molar-refractivity contribution in [1.82, 2.24) is 4.90 Å². The number of piperidine rings is 1. The SMILES string of the molecule is CC[C@@H]1CC[C@@H](C[C@@H](C)C2CC(=O)[C@H](C)/C=C(\C)[C@@H](CC)[C@@H](OC)C(=O)[C@H](C)C[C@H](C)/C=C/C=C/C=C(\C)[C@@H](OC)C[C@@H]3CC[C@@H](C)[C@@](O)(O3)C(=O)C(=O)N3CCCC[C@H]3C(=O)O2)C[C@H]1OC. The van der Waals surface area contributed by atoms with E-state index in [1.165, 1.54) is 4.90 Å². The summed E-state index contributed by atoms with van der Waals surface area (Å²) >= 11 is 0. The first-order chi connectivity index (χ1) is 31.8. The first-order valence-electron chi connectivity index (χ1n) is 25.6. The molecule has 3 fully saturated rings. The third kappa shape index (κ3) is 14.9. The van der Waals surface area contributed by atoms with Gasteiger partial charge in [-0.05, 0) is 114 Å². The molecule has 0 aromatic rings. The topological polar surface area (TPSA) is 155 Å². The van der Waals surface area contributed by atoms with Crippen LogP contribution in [0.25, 0.3) is 0 Å². The highest BCUT2D eigenvalue weighted by Gasteiger charge is 2.53. The van der Waals surface area contributed by atoms with E-state index >= 15 is 0 Å². The maximum absolute atomic E-state index is 14.5. The van der Waals surface area contributed by atoms with Gasteiger partial charge in [-0.2, -0.15) is 0 Å². The molecule has 3 aliphatic heterocycles. The number of amides is 1. The number of aliphatic hydroxyl groups is 1. The van der Waals surface area contributed by atoms with E-state index < -0.39 is 59.6 Å². The molecule has 1 N–H and O–H groups in total. The van der Waals surface area contributed by atoms with Crippen LogP contribution in [0, 0.1) is 47.3 Å². The number of methoxy groups -OCH3 is 3. The van der Waals surface area contributed by atoms with Crippen molar-refractivity contribution in [3.63, 3.8) is 0 Å². The van der Waals surface area contributed by atoms with Gasteiger partial charge in [0, 0.05) is 64.4 Å². The lowest BCUT2D eigenvalue weighted by molar-refractivity contribution is -0.265. The van der Waals surface area contributed by atoms with E-state index in [-0.39, 0.29) is 66.8 Å². The normalized spacial score (nSPS) is 39.6. The van der Waals surface area contributed by atoms with Crippen molar-refractivity contribution in [2.45, 2.75) is 195 Å². The van der Waals surface area contributed by atoms with E-state index in [2.05, 4.69) is 19.9 Å². The van der Waals surface area contributed by atoms with Gasteiger partial charge in [0.1, 0.15) is 24.0 Å². The van der Waals surface area contributed by atoms with Crippen LogP contribution in [-0.2, 0) is 47.7 Å². The van der Waals surface area contributed by atoms with Crippen molar-refractivity contribution in [2.24, 2.45) is 47.3 Å². The molecule has 0 radical (unpaired) electrons. The second-order valence-corrected chi connectivity index (χ2v) is 20.8. The minimum absolute atomic E-state index is 0.0289. The van der Waals surface area contributed by atoms with Crippen molar-refractivity contribution in [3.8, 4) is 0 Å². The fraction of sp³-hybridized carbons (Fsp3) is 0.764. The predicted octanol–water partition coefficient (Wildman–Crippen LogP) is 9.51. The molecule has 1 saturated carbocycles. The molecular formula is C55H87NO11. The summed E-state index contributed by atoms with van der Waals surface area (Å²) in [6.45, 7) is 17.9. The monoisotopic (exact) mass is 938 g/mol. The van der Waals surface area contributed by atoms with Crippen LogP contribution in [0.1, 0.15) is 152 Å². The van der Waals surface area contributed by atoms with Crippen LogP contribution in [0.4, 0.5) is 0 Å². The molecule has 2 saturated heterocycles. The third-order valence-electron chi connectivity index (χ3n) is 15.8. The average Bonchev–Trinajstić information content (AvgIpc) is 3.31. The number of carbonyl (C=O) groups excluding carboxylic acids is 5. The van der Waals surface area contributed by atoms with E-state index in [0.717, 1.165) is 43.3 Å². The van der Waals surface area contributed by atoms with E-state index in [0.29, 0.717) is 56.8 Å². The van der Waals surface area contributed by atoms with Gasteiger partial charge in [-0.3, -0.25) is 19.2 Å². The molecule has 12 heteroatoms. The Morgan fingerprint density at radius 2 is 1.57 bits per heavy atom. The quantitative estimate of drug-likeness (QED) is 0.141. The molecular weight excluding hydrogens is 851 g/mol. The van der Waals surface area contributed by atoms with Gasteiger partial charge in [0.05, 0.1) is 18.3 Å². The highest BCUT2D eigenvalue weighted by atomic mass is 16.6. The highest BCUT2D eigenvalue weighted by molar-refractivity contribution is 6.39. The molecule has 4 rings (SSSR count). The van der Waals surface area contributed by atoms with Crippen molar-refractivity contribution in [3.05, 3.63) is 47.6 Å². The Balaban J connectivity index is 1.72. The van der Waals surface area contributed by atoms with Gasteiger partial charge < -0.3 is 33.7 Å². The number of ketones is 3. The van der Waals surface area contributed by atoms with Crippen molar-refractivity contribution in [2.75, 3.05) is 27.9 Å². The molecule has 0 aromatic carbocycles. The Morgan fingerprint density at radius 1 is 0.836 bits per heavy atom. The van der Waals surface area contributed by atoms with E-state index in [1.807, 2.05) is 71.9 Å². The van der Waals surface area contributed by atoms with Crippen LogP contribution >= 0.6 is 0 Å². The number of esters is 1. The number of carbonyl (C=O) groups is 5. The Morgan fingerprint density at radius 3 is 2.22 bits per heavy atom. The van der Waals surface area contributed by atoms with Crippen LogP contribution in [0.2, 0.25) is 0 Å². The molecule has 378 valence electrons. The molecule has 0 aromatic heterocycles. The molecule has 3 heterocycles. The molecule has 1 unspecified atom stereocenters. The minimum atomic E-state index is -2.39. The Bertz CT molecular complexity index is 1790. The number of nitrogens with zero attached hydrogens (tertiary/aromatic N) is 1. The second kappa shape index (κ2) is 26.6. The summed E-state index contributed by atoms with van der Waals surface area (Å²) in [7, 11) is 4.94. The Labute approximate surface area is 403 Å². The zero-order valence-corrected chi connectivity index (χ0v) is 43.1. The fourth-order valence-corrected chi connectivity index (χ4v) is 11.3. The van der Waals surface area contributed by atoms with Gasteiger partial charge in [-0.15, -0.1) is 0 Å². The molecule has 67 heavy (non-hydrogen) atoms. The smallest absolute Gasteiger partial charge is 0.329 e. The zero-order valence-electron chi connectivity index (χ0n) is 43.1. The lowest BCUT2D eigenvalue weighted by Crippen LogP contribution is -2.61. The fourth-order valence-electron chi connectivity index (χ4n) is 11.3. The maximum Gasteiger partial charge on any atom is 0.329 e. The van der Waals surface area contributed by atoms with Crippen LogP contribution in [0.3, 0.4) is 0 Å². The summed E-state index contributed by atoms with van der Waals surface area (Å²) in [5.74, 6) is -6.24. The highest BCUT2D eigenvalue weighted by Crippen LogP contribution is 2.39. The zero-order chi connectivity index (χ0) is 49.6. The second-order valence-electron chi connectivity index (χ2n) is 20.8. The van der Waals surface area contributed by atoms with E-state index in [4.69, 9.17) is 23.7 Å². The van der Waals surface area contributed by atoms with Gasteiger partial charge in [-0.1, -0.05) is 96.9 Å². The largest absolute Gasteiger partial charge is 0.460 e. The summed E-state index contributed by atoms with van der Waals surface area (Å²) in [6.07, 6.45) is 18.2. The molecule has 15 atom stereocenters. The van der Waals surface area contributed by atoms with Crippen molar-refractivity contribution < 1.29 is 52.8 Å². The summed E-state index contributed by atoms with van der Waals surface area (Å²) in [6, 6.07) is -1.07.